The lowest BCUT2D eigenvalue weighted by Crippen LogP contribution is -2.52. The molecule has 0 aromatic heterocycles. The highest BCUT2D eigenvalue weighted by Gasteiger charge is 2.37. The van der Waals surface area contributed by atoms with Crippen LogP contribution in [0.4, 0.5) is 0 Å². The van der Waals surface area contributed by atoms with Crippen molar-refractivity contribution in [1.82, 2.24) is 10.2 Å². The number of rotatable bonds is 5. The van der Waals surface area contributed by atoms with E-state index in [9.17, 15) is 0 Å². The summed E-state index contributed by atoms with van der Waals surface area (Å²) in [5.74, 6) is 0. The molecule has 2 fully saturated rings. The van der Waals surface area contributed by atoms with Gasteiger partial charge < -0.3 is 14.8 Å². The zero-order valence-corrected chi connectivity index (χ0v) is 13.7. The minimum Gasteiger partial charge on any atom is -0.381 e. The minimum atomic E-state index is 0.171. The van der Waals surface area contributed by atoms with Crippen LogP contribution in [0.1, 0.15) is 40.0 Å². The van der Waals surface area contributed by atoms with E-state index in [1.54, 1.807) is 0 Å². The number of nitrogens with zero attached hydrogens (tertiary/aromatic N) is 1. The van der Waals surface area contributed by atoms with Crippen molar-refractivity contribution in [2.45, 2.75) is 51.7 Å². The lowest BCUT2D eigenvalue weighted by Gasteiger charge is -2.41. The summed E-state index contributed by atoms with van der Waals surface area (Å²) in [6.07, 6.45) is 4.05. The predicted octanol–water partition coefficient (Wildman–Crippen LogP) is 1.89. The van der Waals surface area contributed by atoms with Gasteiger partial charge in [-0.25, -0.2) is 0 Å². The highest BCUT2D eigenvalue weighted by atomic mass is 16.5. The molecule has 0 spiro atoms. The Balaban J connectivity index is 1.92. The van der Waals surface area contributed by atoms with Gasteiger partial charge >= 0.3 is 0 Å². The third kappa shape index (κ3) is 4.69. The Kier molecular flexibility index (Phi) is 5.46. The zero-order chi connectivity index (χ0) is 14.6. The number of hydrogen-bond donors (Lipinski definition) is 1. The Bertz CT molecular complexity index is 295. The van der Waals surface area contributed by atoms with Gasteiger partial charge in [0.05, 0.1) is 12.7 Å². The van der Waals surface area contributed by atoms with Crippen molar-refractivity contribution in [3.8, 4) is 0 Å². The first-order valence-electron chi connectivity index (χ1n) is 8.00. The van der Waals surface area contributed by atoms with Gasteiger partial charge in [-0.05, 0) is 40.0 Å². The smallest absolute Gasteiger partial charge is 0.0710 e. The van der Waals surface area contributed by atoms with Crippen LogP contribution in [0.15, 0.2) is 0 Å². The lowest BCUT2D eigenvalue weighted by atomic mass is 9.81. The molecular weight excluding hydrogens is 252 g/mol. The molecule has 4 heteroatoms. The summed E-state index contributed by atoms with van der Waals surface area (Å²) in [7, 11) is 1.83. The minimum absolute atomic E-state index is 0.171. The fourth-order valence-electron chi connectivity index (χ4n) is 3.29. The molecule has 1 N–H and O–H groups in total. The van der Waals surface area contributed by atoms with Crippen molar-refractivity contribution >= 4 is 0 Å². The molecule has 2 aliphatic heterocycles. The molecule has 0 aromatic carbocycles. The third-order valence-corrected chi connectivity index (χ3v) is 4.52. The maximum Gasteiger partial charge on any atom is 0.0710 e. The maximum absolute atomic E-state index is 5.82. The van der Waals surface area contributed by atoms with Crippen LogP contribution in [-0.2, 0) is 9.47 Å². The van der Waals surface area contributed by atoms with E-state index in [0.717, 1.165) is 39.4 Å². The van der Waals surface area contributed by atoms with E-state index in [1.807, 2.05) is 7.11 Å². The third-order valence-electron chi connectivity index (χ3n) is 4.52. The van der Waals surface area contributed by atoms with Crippen LogP contribution >= 0.6 is 0 Å². The molecule has 2 rings (SSSR count). The van der Waals surface area contributed by atoms with Crippen LogP contribution < -0.4 is 5.32 Å². The Hall–Kier alpha value is -0.160. The average molecular weight is 284 g/mol. The number of likely N-dealkylation sites (tertiary alicyclic amines) is 1. The van der Waals surface area contributed by atoms with E-state index >= 15 is 0 Å². The topological polar surface area (TPSA) is 33.7 Å². The SMILES string of the molecule is COC1CCN(CC2(CNC(C)(C)C)CCCOC2)C1. The molecule has 2 heterocycles. The fourth-order valence-corrected chi connectivity index (χ4v) is 3.29. The fraction of sp³-hybridized carbons (Fsp3) is 1.00. The predicted molar refractivity (Wildman–Crippen MR) is 82.1 cm³/mol. The van der Waals surface area contributed by atoms with Crippen molar-refractivity contribution in [2.24, 2.45) is 5.41 Å². The van der Waals surface area contributed by atoms with Crippen LogP contribution in [0.5, 0.6) is 0 Å². The largest absolute Gasteiger partial charge is 0.381 e. The molecule has 20 heavy (non-hydrogen) atoms. The van der Waals surface area contributed by atoms with E-state index in [2.05, 4.69) is 31.0 Å². The first-order chi connectivity index (χ1) is 9.42. The van der Waals surface area contributed by atoms with Crippen molar-refractivity contribution in [3.63, 3.8) is 0 Å². The van der Waals surface area contributed by atoms with E-state index in [4.69, 9.17) is 9.47 Å². The van der Waals surface area contributed by atoms with Crippen molar-refractivity contribution in [3.05, 3.63) is 0 Å². The molecule has 0 amide bonds. The summed E-state index contributed by atoms with van der Waals surface area (Å²) < 4.78 is 11.3. The number of methoxy groups -OCH3 is 1. The van der Waals surface area contributed by atoms with E-state index in [0.29, 0.717) is 6.10 Å². The highest BCUT2D eigenvalue weighted by Crippen LogP contribution is 2.31. The second kappa shape index (κ2) is 6.73. The van der Waals surface area contributed by atoms with Gasteiger partial charge in [0.25, 0.3) is 0 Å². The van der Waals surface area contributed by atoms with Gasteiger partial charge in [-0.15, -0.1) is 0 Å². The second-order valence-electron chi connectivity index (χ2n) is 7.64. The molecule has 4 nitrogen and oxygen atoms in total. The Morgan fingerprint density at radius 3 is 2.75 bits per heavy atom. The molecule has 0 saturated carbocycles. The van der Waals surface area contributed by atoms with Gasteiger partial charge in [-0.3, -0.25) is 4.90 Å². The second-order valence-corrected chi connectivity index (χ2v) is 7.64. The first kappa shape index (κ1) is 16.2. The van der Waals surface area contributed by atoms with Crippen LogP contribution in [0.2, 0.25) is 0 Å². The molecule has 0 radical (unpaired) electrons. The van der Waals surface area contributed by atoms with E-state index < -0.39 is 0 Å². The number of hydrogen-bond acceptors (Lipinski definition) is 4. The van der Waals surface area contributed by atoms with Gasteiger partial charge in [0.2, 0.25) is 0 Å². The highest BCUT2D eigenvalue weighted by molar-refractivity contribution is 4.91. The van der Waals surface area contributed by atoms with Crippen LogP contribution in [0, 0.1) is 5.41 Å². The van der Waals surface area contributed by atoms with E-state index in [1.165, 1.54) is 19.3 Å². The van der Waals surface area contributed by atoms with Crippen molar-refractivity contribution < 1.29 is 9.47 Å². The summed E-state index contributed by atoms with van der Waals surface area (Å²) in [5, 5.41) is 3.69. The Morgan fingerprint density at radius 2 is 2.20 bits per heavy atom. The van der Waals surface area contributed by atoms with Gasteiger partial charge in [-0.1, -0.05) is 0 Å². The molecule has 2 atom stereocenters. The summed E-state index contributed by atoms with van der Waals surface area (Å²) in [6.45, 7) is 13.0. The first-order valence-corrected chi connectivity index (χ1v) is 8.00. The normalized spacial score (nSPS) is 32.7. The number of ether oxygens (including phenoxy) is 2. The molecule has 2 saturated heterocycles. The molecule has 2 aliphatic rings. The van der Waals surface area contributed by atoms with Gasteiger partial charge in [0.1, 0.15) is 0 Å². The summed E-state index contributed by atoms with van der Waals surface area (Å²) in [4.78, 5) is 2.56. The lowest BCUT2D eigenvalue weighted by molar-refractivity contribution is -0.0275. The summed E-state index contributed by atoms with van der Waals surface area (Å²) >= 11 is 0. The monoisotopic (exact) mass is 284 g/mol. The van der Waals surface area contributed by atoms with Crippen molar-refractivity contribution in [2.75, 3.05) is 46.5 Å². The number of nitrogens with one attached hydrogen (secondary N) is 1. The van der Waals surface area contributed by atoms with Gasteiger partial charge in [-0.2, -0.15) is 0 Å². The van der Waals surface area contributed by atoms with Crippen LogP contribution in [0.25, 0.3) is 0 Å². The quantitative estimate of drug-likeness (QED) is 0.836. The van der Waals surface area contributed by atoms with Gasteiger partial charge in [0.15, 0.2) is 0 Å². The molecule has 118 valence electrons. The molecule has 0 aromatic rings. The van der Waals surface area contributed by atoms with Crippen molar-refractivity contribution in [1.29, 1.82) is 0 Å². The molecule has 0 aliphatic carbocycles. The van der Waals surface area contributed by atoms with Crippen LogP contribution in [-0.4, -0.2) is 63.0 Å². The summed E-state index contributed by atoms with van der Waals surface area (Å²) in [6, 6.07) is 0. The van der Waals surface area contributed by atoms with Gasteiger partial charge in [0, 0.05) is 50.8 Å². The standard InChI is InChI=1S/C16H32N2O2/c1-15(2,3)17-11-16(7-5-9-20-13-16)12-18-8-6-14(10-18)19-4/h14,17H,5-13H2,1-4H3. The Morgan fingerprint density at radius 1 is 1.40 bits per heavy atom. The molecular formula is C16H32N2O2. The average Bonchev–Trinajstić information content (AvgIpc) is 2.84. The zero-order valence-electron chi connectivity index (χ0n) is 13.7. The summed E-state index contributed by atoms with van der Waals surface area (Å²) in [5.41, 5.74) is 0.443. The Labute approximate surface area is 124 Å². The van der Waals surface area contributed by atoms with E-state index in [-0.39, 0.29) is 11.0 Å². The molecule has 2 unspecified atom stereocenters. The maximum atomic E-state index is 5.82. The molecule has 0 bridgehead atoms. The van der Waals surface area contributed by atoms with Crippen LogP contribution in [0.3, 0.4) is 0 Å².